The number of anilines is 1. The van der Waals surface area contributed by atoms with E-state index in [4.69, 9.17) is 5.84 Å². The quantitative estimate of drug-likeness (QED) is 0.488. The number of tetrazole rings is 1. The molecule has 1 fully saturated rings. The number of nitrogens with zero attached hydrogens (tertiary/aromatic N) is 6. The molecule has 0 radical (unpaired) electrons. The molecule has 0 atom stereocenters. The molecule has 2 aromatic heterocycles. The highest BCUT2D eigenvalue weighted by molar-refractivity contribution is 7.99. The van der Waals surface area contributed by atoms with Crippen molar-refractivity contribution in [3.05, 3.63) is 11.4 Å². The summed E-state index contributed by atoms with van der Waals surface area (Å²) in [5.74, 6) is 7.17. The lowest BCUT2D eigenvalue weighted by molar-refractivity contribution is 0.565. The van der Waals surface area contributed by atoms with E-state index in [9.17, 15) is 0 Å². The standard InChI is InChI=1S/C12H18N8S/c1-6(2)9-14-10(16-13)7(3)11(15-9)21-12-17-18-19-20(12)8-4-5-8/h6,8H,4-5,13H2,1-3H3,(H,14,15,16). The lowest BCUT2D eigenvalue weighted by Crippen LogP contribution is -2.14. The van der Waals surface area contributed by atoms with E-state index < -0.39 is 0 Å². The molecule has 0 aromatic carbocycles. The van der Waals surface area contributed by atoms with Gasteiger partial charge in [-0.05, 0) is 42.0 Å². The monoisotopic (exact) mass is 306 g/mol. The van der Waals surface area contributed by atoms with Gasteiger partial charge in [0.05, 0.1) is 6.04 Å². The van der Waals surface area contributed by atoms with Crippen LogP contribution in [-0.4, -0.2) is 30.2 Å². The molecule has 0 amide bonds. The summed E-state index contributed by atoms with van der Waals surface area (Å²) in [4.78, 5) is 9.05. The highest BCUT2D eigenvalue weighted by Crippen LogP contribution is 2.38. The summed E-state index contributed by atoms with van der Waals surface area (Å²) >= 11 is 1.46. The SMILES string of the molecule is Cc1c(NN)nc(C(C)C)nc1Sc1nnnn1C1CC1. The number of nitrogen functional groups attached to an aromatic ring is 1. The van der Waals surface area contributed by atoms with Gasteiger partial charge >= 0.3 is 0 Å². The van der Waals surface area contributed by atoms with Crippen molar-refractivity contribution in [3.8, 4) is 0 Å². The Morgan fingerprint density at radius 1 is 1.33 bits per heavy atom. The van der Waals surface area contributed by atoms with Crippen molar-refractivity contribution >= 4 is 17.6 Å². The van der Waals surface area contributed by atoms with E-state index in [0.717, 1.165) is 34.4 Å². The Morgan fingerprint density at radius 2 is 2.10 bits per heavy atom. The normalized spacial score (nSPS) is 14.7. The van der Waals surface area contributed by atoms with Gasteiger partial charge in [-0.3, -0.25) is 0 Å². The Labute approximate surface area is 126 Å². The Kier molecular flexibility index (Phi) is 3.77. The van der Waals surface area contributed by atoms with Crippen LogP contribution in [0.4, 0.5) is 5.82 Å². The highest BCUT2D eigenvalue weighted by atomic mass is 32.2. The van der Waals surface area contributed by atoms with Gasteiger partial charge in [-0.25, -0.2) is 20.5 Å². The lowest BCUT2D eigenvalue weighted by Gasteiger charge is -2.12. The van der Waals surface area contributed by atoms with Gasteiger partial charge in [-0.2, -0.15) is 0 Å². The zero-order chi connectivity index (χ0) is 15.0. The Balaban J connectivity index is 1.96. The summed E-state index contributed by atoms with van der Waals surface area (Å²) < 4.78 is 1.87. The lowest BCUT2D eigenvalue weighted by atomic mass is 10.2. The first-order valence-corrected chi connectivity index (χ1v) is 7.72. The van der Waals surface area contributed by atoms with Gasteiger partial charge in [0.1, 0.15) is 16.7 Å². The molecule has 2 heterocycles. The Bertz CT molecular complexity index is 649. The molecule has 0 unspecified atom stereocenters. The number of hydrazine groups is 1. The van der Waals surface area contributed by atoms with Crippen LogP contribution in [-0.2, 0) is 0 Å². The first-order chi connectivity index (χ1) is 10.1. The van der Waals surface area contributed by atoms with Crippen LogP contribution >= 0.6 is 11.8 Å². The topological polar surface area (TPSA) is 107 Å². The molecule has 0 bridgehead atoms. The van der Waals surface area contributed by atoms with Crippen LogP contribution in [0.15, 0.2) is 10.2 Å². The van der Waals surface area contributed by atoms with Crippen LogP contribution in [0.2, 0.25) is 0 Å². The van der Waals surface area contributed by atoms with Gasteiger partial charge in [0.25, 0.3) is 0 Å². The second kappa shape index (κ2) is 5.57. The summed E-state index contributed by atoms with van der Waals surface area (Å²) in [5, 5.41) is 13.5. The number of aromatic nitrogens is 6. The van der Waals surface area contributed by atoms with Crippen molar-refractivity contribution in [2.24, 2.45) is 5.84 Å². The zero-order valence-corrected chi connectivity index (χ0v) is 13.1. The average Bonchev–Trinajstić information content (AvgIpc) is 3.21. The summed E-state index contributed by atoms with van der Waals surface area (Å²) in [6.07, 6.45) is 2.27. The third-order valence-electron chi connectivity index (χ3n) is 3.31. The summed E-state index contributed by atoms with van der Waals surface area (Å²) in [5.41, 5.74) is 3.54. The fourth-order valence-corrected chi connectivity index (χ4v) is 2.82. The van der Waals surface area contributed by atoms with Gasteiger partial charge < -0.3 is 5.43 Å². The summed E-state index contributed by atoms with van der Waals surface area (Å²) in [7, 11) is 0. The van der Waals surface area contributed by atoms with E-state index in [1.54, 1.807) is 0 Å². The predicted molar refractivity (Wildman–Crippen MR) is 78.9 cm³/mol. The number of hydrogen-bond acceptors (Lipinski definition) is 8. The van der Waals surface area contributed by atoms with Crippen molar-refractivity contribution in [1.82, 2.24) is 30.2 Å². The molecule has 0 aliphatic heterocycles. The van der Waals surface area contributed by atoms with E-state index in [1.807, 2.05) is 25.5 Å². The minimum Gasteiger partial charge on any atom is -0.308 e. The first-order valence-electron chi connectivity index (χ1n) is 6.91. The van der Waals surface area contributed by atoms with Crippen LogP contribution in [0, 0.1) is 6.92 Å². The predicted octanol–water partition coefficient (Wildman–Crippen LogP) is 1.67. The van der Waals surface area contributed by atoms with Crippen LogP contribution in [0.3, 0.4) is 0 Å². The third kappa shape index (κ3) is 2.84. The van der Waals surface area contributed by atoms with Crippen molar-refractivity contribution in [2.45, 2.75) is 55.8 Å². The molecule has 3 N–H and O–H groups in total. The highest BCUT2D eigenvalue weighted by Gasteiger charge is 2.28. The van der Waals surface area contributed by atoms with Crippen molar-refractivity contribution in [1.29, 1.82) is 0 Å². The van der Waals surface area contributed by atoms with E-state index >= 15 is 0 Å². The van der Waals surface area contributed by atoms with Crippen molar-refractivity contribution in [2.75, 3.05) is 5.43 Å². The number of nitrogens with two attached hydrogens (primary N) is 1. The molecular formula is C12H18N8S. The molecule has 1 aliphatic carbocycles. The van der Waals surface area contributed by atoms with Crippen molar-refractivity contribution < 1.29 is 0 Å². The van der Waals surface area contributed by atoms with Gasteiger partial charge in [0.15, 0.2) is 0 Å². The molecule has 1 aliphatic rings. The molecule has 8 nitrogen and oxygen atoms in total. The molecule has 21 heavy (non-hydrogen) atoms. The molecular weight excluding hydrogens is 288 g/mol. The minimum absolute atomic E-state index is 0.219. The molecule has 0 saturated heterocycles. The molecule has 0 spiro atoms. The molecule has 2 aromatic rings. The van der Waals surface area contributed by atoms with Crippen LogP contribution in [0.1, 0.15) is 50.0 Å². The zero-order valence-electron chi connectivity index (χ0n) is 12.2. The fourth-order valence-electron chi connectivity index (χ4n) is 1.90. The van der Waals surface area contributed by atoms with E-state index in [1.165, 1.54) is 11.8 Å². The molecule has 112 valence electrons. The van der Waals surface area contributed by atoms with Crippen LogP contribution in [0.5, 0.6) is 0 Å². The maximum absolute atomic E-state index is 5.56. The maximum Gasteiger partial charge on any atom is 0.215 e. The number of rotatable bonds is 5. The smallest absolute Gasteiger partial charge is 0.215 e. The summed E-state index contributed by atoms with van der Waals surface area (Å²) in [6, 6.07) is 0.432. The van der Waals surface area contributed by atoms with Gasteiger partial charge in [0, 0.05) is 11.5 Å². The second-order valence-corrected chi connectivity index (χ2v) is 6.35. The van der Waals surface area contributed by atoms with Gasteiger partial charge in [-0.1, -0.05) is 13.8 Å². The van der Waals surface area contributed by atoms with E-state index in [0.29, 0.717) is 11.9 Å². The molecule has 3 rings (SSSR count). The first kappa shape index (κ1) is 14.2. The van der Waals surface area contributed by atoms with Crippen LogP contribution < -0.4 is 11.3 Å². The summed E-state index contributed by atoms with van der Waals surface area (Å²) in [6.45, 7) is 6.04. The number of hydrogen-bond donors (Lipinski definition) is 2. The molecule has 1 saturated carbocycles. The van der Waals surface area contributed by atoms with E-state index in [-0.39, 0.29) is 5.92 Å². The second-order valence-electron chi connectivity index (χ2n) is 5.40. The van der Waals surface area contributed by atoms with Crippen molar-refractivity contribution in [3.63, 3.8) is 0 Å². The maximum atomic E-state index is 5.56. The van der Waals surface area contributed by atoms with Crippen LogP contribution in [0.25, 0.3) is 0 Å². The molecule has 9 heteroatoms. The third-order valence-corrected chi connectivity index (χ3v) is 4.36. The minimum atomic E-state index is 0.219. The largest absolute Gasteiger partial charge is 0.308 e. The van der Waals surface area contributed by atoms with E-state index in [2.05, 4.69) is 30.9 Å². The average molecular weight is 306 g/mol. The van der Waals surface area contributed by atoms with Gasteiger partial charge in [-0.15, -0.1) is 5.10 Å². The Morgan fingerprint density at radius 3 is 2.71 bits per heavy atom. The number of nitrogens with one attached hydrogen (secondary N) is 1. The fraction of sp³-hybridized carbons (Fsp3) is 0.583. The Hall–Kier alpha value is -1.74. The van der Waals surface area contributed by atoms with Gasteiger partial charge in [0.2, 0.25) is 5.16 Å².